The Hall–Kier alpha value is -2.40. The van der Waals surface area contributed by atoms with Crippen LogP contribution in [0.4, 0.5) is 5.69 Å². The molecule has 2 rings (SSSR count). The summed E-state index contributed by atoms with van der Waals surface area (Å²) in [5.74, 6) is 6.33. The molecule has 0 spiro atoms. The Morgan fingerprint density at radius 3 is 2.74 bits per heavy atom. The minimum atomic E-state index is 0.905. The van der Waals surface area contributed by atoms with Crippen molar-refractivity contribution in [3.8, 4) is 11.8 Å². The minimum Gasteiger partial charge on any atom is -0.265 e. The van der Waals surface area contributed by atoms with E-state index in [1.807, 2.05) is 42.6 Å². The Bertz CT molecular complexity index is 604. The fourth-order valence-electron chi connectivity index (χ4n) is 1.57. The van der Waals surface area contributed by atoms with Crippen molar-refractivity contribution in [3.05, 3.63) is 59.9 Å². The number of unbranched alkanes of at least 4 members (excludes halogenated alkanes) is 1. The van der Waals surface area contributed by atoms with Crippen LogP contribution in [0.1, 0.15) is 30.9 Å². The molecular weight excluding hydrogens is 232 g/mol. The Kier molecular flexibility index (Phi) is 4.89. The number of aliphatic imine (C=N–C) groups is 1. The van der Waals surface area contributed by atoms with Gasteiger partial charge in [-0.15, -0.1) is 0 Å². The Morgan fingerprint density at radius 1 is 1.16 bits per heavy atom. The maximum absolute atomic E-state index is 4.50. The second-order valence-corrected chi connectivity index (χ2v) is 4.11. The van der Waals surface area contributed by atoms with Gasteiger partial charge in [0.05, 0.1) is 11.3 Å². The van der Waals surface area contributed by atoms with Gasteiger partial charge in [0.1, 0.15) is 0 Å². The normalized spacial score (nSPS) is 10.2. The van der Waals surface area contributed by atoms with E-state index in [1.54, 1.807) is 12.4 Å². The molecule has 1 aromatic heterocycles. The first-order chi connectivity index (χ1) is 9.40. The maximum atomic E-state index is 4.50. The highest BCUT2D eigenvalue weighted by atomic mass is 14.7. The lowest BCUT2D eigenvalue weighted by atomic mass is 10.1. The van der Waals surface area contributed by atoms with E-state index in [9.17, 15) is 0 Å². The van der Waals surface area contributed by atoms with E-state index >= 15 is 0 Å². The van der Waals surface area contributed by atoms with E-state index in [0.717, 1.165) is 29.7 Å². The Labute approximate surface area is 114 Å². The summed E-state index contributed by atoms with van der Waals surface area (Å²) in [6.45, 7) is 2.13. The zero-order valence-electron chi connectivity index (χ0n) is 11.0. The molecule has 0 saturated heterocycles. The van der Waals surface area contributed by atoms with Gasteiger partial charge in [0.25, 0.3) is 0 Å². The van der Waals surface area contributed by atoms with Crippen LogP contribution in [-0.2, 0) is 0 Å². The first-order valence-corrected chi connectivity index (χ1v) is 6.42. The predicted molar refractivity (Wildman–Crippen MR) is 79.7 cm³/mol. The second kappa shape index (κ2) is 7.13. The van der Waals surface area contributed by atoms with Crippen molar-refractivity contribution < 1.29 is 0 Å². The highest BCUT2D eigenvalue weighted by molar-refractivity contribution is 5.82. The Morgan fingerprint density at radius 2 is 1.95 bits per heavy atom. The Balaban J connectivity index is 2.21. The summed E-state index contributed by atoms with van der Waals surface area (Å²) < 4.78 is 0. The highest BCUT2D eigenvalue weighted by Gasteiger charge is 1.95. The van der Waals surface area contributed by atoms with Crippen molar-refractivity contribution in [3.63, 3.8) is 0 Å². The third-order valence-electron chi connectivity index (χ3n) is 2.56. The van der Waals surface area contributed by atoms with Crippen LogP contribution in [-0.4, -0.2) is 11.2 Å². The van der Waals surface area contributed by atoms with E-state index in [-0.39, 0.29) is 0 Å². The number of aromatic nitrogens is 1. The number of pyridine rings is 1. The summed E-state index contributed by atoms with van der Waals surface area (Å²) in [6, 6.07) is 11.8. The zero-order chi connectivity index (χ0) is 13.3. The van der Waals surface area contributed by atoms with Gasteiger partial charge in [-0.2, -0.15) is 0 Å². The quantitative estimate of drug-likeness (QED) is 0.595. The molecule has 0 atom stereocenters. The third kappa shape index (κ3) is 4.08. The average molecular weight is 248 g/mol. The number of hydrogen-bond donors (Lipinski definition) is 0. The summed E-state index contributed by atoms with van der Waals surface area (Å²) in [6.07, 6.45) is 7.35. The third-order valence-corrected chi connectivity index (χ3v) is 2.56. The maximum Gasteiger partial charge on any atom is 0.0786 e. The van der Waals surface area contributed by atoms with Crippen LogP contribution < -0.4 is 0 Å². The van der Waals surface area contributed by atoms with Crippen molar-refractivity contribution in [1.82, 2.24) is 4.98 Å². The molecule has 0 bridgehead atoms. The minimum absolute atomic E-state index is 0.905. The average Bonchev–Trinajstić information content (AvgIpc) is 2.48. The summed E-state index contributed by atoms with van der Waals surface area (Å²) in [4.78, 5) is 8.48. The van der Waals surface area contributed by atoms with Gasteiger partial charge >= 0.3 is 0 Å². The lowest BCUT2D eigenvalue weighted by molar-refractivity contribution is 0.983. The molecule has 0 N–H and O–H groups in total. The molecule has 2 heteroatoms. The number of para-hydroxylation sites is 1. The van der Waals surface area contributed by atoms with Crippen LogP contribution in [0.3, 0.4) is 0 Å². The summed E-state index contributed by atoms with van der Waals surface area (Å²) in [5, 5.41) is 0. The largest absolute Gasteiger partial charge is 0.265 e. The van der Waals surface area contributed by atoms with Crippen molar-refractivity contribution in [2.24, 2.45) is 4.99 Å². The van der Waals surface area contributed by atoms with Gasteiger partial charge in [-0.05, 0) is 36.2 Å². The molecule has 0 aliphatic carbocycles. The van der Waals surface area contributed by atoms with E-state index < -0.39 is 0 Å². The molecule has 0 aliphatic rings. The molecule has 94 valence electrons. The SMILES string of the molecule is CCCC#Cc1ccccc1N=Cc1ccncc1. The lowest BCUT2D eigenvalue weighted by Gasteiger charge is -1.97. The summed E-state index contributed by atoms with van der Waals surface area (Å²) in [5.41, 5.74) is 2.91. The van der Waals surface area contributed by atoms with Gasteiger partial charge < -0.3 is 0 Å². The molecule has 2 aromatic rings. The van der Waals surface area contributed by atoms with Gasteiger partial charge in [0, 0.05) is 25.0 Å². The molecule has 0 radical (unpaired) electrons. The van der Waals surface area contributed by atoms with E-state index in [1.165, 1.54) is 0 Å². The molecular formula is C17H16N2. The lowest BCUT2D eigenvalue weighted by Crippen LogP contribution is -1.82. The van der Waals surface area contributed by atoms with Gasteiger partial charge in [-0.25, -0.2) is 0 Å². The first-order valence-electron chi connectivity index (χ1n) is 6.42. The van der Waals surface area contributed by atoms with Crippen LogP contribution in [0.2, 0.25) is 0 Å². The summed E-state index contributed by atoms with van der Waals surface area (Å²) >= 11 is 0. The first kappa shape index (κ1) is 13.0. The topological polar surface area (TPSA) is 25.2 Å². The molecule has 1 heterocycles. The zero-order valence-corrected chi connectivity index (χ0v) is 11.0. The van der Waals surface area contributed by atoms with Gasteiger partial charge in [-0.3, -0.25) is 9.98 Å². The highest BCUT2D eigenvalue weighted by Crippen LogP contribution is 2.17. The van der Waals surface area contributed by atoms with Crippen LogP contribution in [0.15, 0.2) is 53.8 Å². The van der Waals surface area contributed by atoms with Crippen molar-refractivity contribution in [2.45, 2.75) is 19.8 Å². The van der Waals surface area contributed by atoms with E-state index in [4.69, 9.17) is 0 Å². The predicted octanol–water partition coefficient (Wildman–Crippen LogP) is 3.98. The fourth-order valence-corrected chi connectivity index (χ4v) is 1.57. The molecule has 19 heavy (non-hydrogen) atoms. The molecule has 1 aromatic carbocycles. The molecule has 0 fully saturated rings. The van der Waals surface area contributed by atoms with Crippen molar-refractivity contribution >= 4 is 11.9 Å². The molecule has 2 nitrogen and oxygen atoms in total. The fraction of sp³-hybridized carbons (Fsp3) is 0.176. The van der Waals surface area contributed by atoms with E-state index in [0.29, 0.717) is 0 Å². The standard InChI is InChI=1S/C17H16N2/c1-2-3-4-7-16-8-5-6-9-17(16)19-14-15-10-12-18-13-11-15/h5-6,8-14H,2-3H2,1H3. The smallest absolute Gasteiger partial charge is 0.0786 e. The van der Waals surface area contributed by atoms with Crippen LogP contribution in [0.5, 0.6) is 0 Å². The number of rotatable bonds is 3. The van der Waals surface area contributed by atoms with Crippen LogP contribution in [0, 0.1) is 11.8 Å². The molecule has 0 saturated carbocycles. The van der Waals surface area contributed by atoms with Gasteiger partial charge in [-0.1, -0.05) is 30.9 Å². The molecule has 0 unspecified atom stereocenters. The van der Waals surface area contributed by atoms with Crippen LogP contribution in [0.25, 0.3) is 0 Å². The van der Waals surface area contributed by atoms with Crippen molar-refractivity contribution in [1.29, 1.82) is 0 Å². The van der Waals surface area contributed by atoms with Gasteiger partial charge in [0.2, 0.25) is 0 Å². The molecule has 0 amide bonds. The van der Waals surface area contributed by atoms with Gasteiger partial charge in [0.15, 0.2) is 0 Å². The number of nitrogens with zero attached hydrogens (tertiary/aromatic N) is 2. The monoisotopic (exact) mass is 248 g/mol. The van der Waals surface area contributed by atoms with Crippen LogP contribution >= 0.6 is 0 Å². The summed E-state index contributed by atoms with van der Waals surface area (Å²) in [7, 11) is 0. The van der Waals surface area contributed by atoms with E-state index in [2.05, 4.69) is 28.7 Å². The second-order valence-electron chi connectivity index (χ2n) is 4.11. The number of benzene rings is 1. The molecule has 0 aliphatic heterocycles. The van der Waals surface area contributed by atoms with Crippen molar-refractivity contribution in [2.75, 3.05) is 0 Å². The number of hydrogen-bond acceptors (Lipinski definition) is 2.